The highest BCUT2D eigenvalue weighted by atomic mass is 16.6. The minimum absolute atomic E-state index is 0.0984. The van der Waals surface area contributed by atoms with Gasteiger partial charge in [0.25, 0.3) is 0 Å². The molecule has 2 heterocycles. The predicted molar refractivity (Wildman–Crippen MR) is 49.5 cm³/mol. The van der Waals surface area contributed by atoms with Gasteiger partial charge < -0.3 is 15.2 Å². The van der Waals surface area contributed by atoms with Crippen LogP contribution < -0.4 is 10.1 Å². The monoisotopic (exact) mass is 208 g/mol. The van der Waals surface area contributed by atoms with Gasteiger partial charge in [0.15, 0.2) is 0 Å². The number of carbonyl (C=O) groups is 2. The molecule has 2 rings (SSSR count). The molecular weight excluding hydrogens is 200 g/mol. The number of carboxylic acid groups (broad SMARTS) is 1. The van der Waals surface area contributed by atoms with E-state index in [1.807, 2.05) is 0 Å². The molecule has 1 aliphatic rings. The Balaban J connectivity index is 2.46. The maximum absolute atomic E-state index is 11.4. The molecule has 0 bridgehead atoms. The van der Waals surface area contributed by atoms with Crippen LogP contribution >= 0.6 is 0 Å². The van der Waals surface area contributed by atoms with Crippen molar-refractivity contribution in [2.24, 2.45) is 0 Å². The lowest BCUT2D eigenvalue weighted by atomic mass is 10.0. The average molecular weight is 208 g/mol. The summed E-state index contributed by atoms with van der Waals surface area (Å²) in [6, 6.07) is 3.21. The highest BCUT2D eigenvalue weighted by Crippen LogP contribution is 2.30. The summed E-state index contributed by atoms with van der Waals surface area (Å²) in [6.07, 6.45) is 1.46. The number of hydrogen-bond donors (Lipinski definition) is 2. The third-order valence-corrected chi connectivity index (χ3v) is 2.18. The molecular formula is C9H8N2O4. The maximum atomic E-state index is 11.4. The summed E-state index contributed by atoms with van der Waals surface area (Å²) in [4.78, 5) is 26.1. The van der Waals surface area contributed by atoms with Crippen LogP contribution in [-0.4, -0.2) is 27.6 Å². The van der Waals surface area contributed by atoms with E-state index in [9.17, 15) is 9.59 Å². The van der Waals surface area contributed by atoms with Crippen LogP contribution in [0.25, 0.3) is 0 Å². The van der Waals surface area contributed by atoms with Crippen LogP contribution in [0.4, 0.5) is 5.69 Å². The van der Waals surface area contributed by atoms with Crippen LogP contribution in [0.5, 0.6) is 5.88 Å². The summed E-state index contributed by atoms with van der Waals surface area (Å²) in [5.41, 5.74) is -1.36. The summed E-state index contributed by atoms with van der Waals surface area (Å²) in [6.45, 7) is 1.24. The number of esters is 1. The molecule has 1 unspecified atom stereocenters. The van der Waals surface area contributed by atoms with Crippen LogP contribution in [0.1, 0.15) is 6.92 Å². The van der Waals surface area contributed by atoms with E-state index in [0.717, 1.165) is 0 Å². The number of nitrogens with one attached hydrogen (secondary N) is 1. The van der Waals surface area contributed by atoms with Gasteiger partial charge in [-0.25, -0.2) is 14.6 Å². The summed E-state index contributed by atoms with van der Waals surface area (Å²) in [7, 11) is 0. The first-order valence-electron chi connectivity index (χ1n) is 4.23. The van der Waals surface area contributed by atoms with Crippen molar-refractivity contribution in [3.05, 3.63) is 18.3 Å². The Labute approximate surface area is 84.9 Å². The van der Waals surface area contributed by atoms with Gasteiger partial charge in [0, 0.05) is 6.20 Å². The molecule has 1 aromatic heterocycles. The zero-order valence-corrected chi connectivity index (χ0v) is 7.85. The van der Waals surface area contributed by atoms with E-state index in [4.69, 9.17) is 9.84 Å². The van der Waals surface area contributed by atoms with E-state index in [-0.39, 0.29) is 5.88 Å². The lowest BCUT2D eigenvalue weighted by molar-refractivity contribution is -0.153. The van der Waals surface area contributed by atoms with E-state index in [0.29, 0.717) is 5.69 Å². The summed E-state index contributed by atoms with van der Waals surface area (Å²) >= 11 is 0. The minimum atomic E-state index is -1.75. The zero-order chi connectivity index (χ0) is 11.1. The van der Waals surface area contributed by atoms with Gasteiger partial charge in [-0.1, -0.05) is 0 Å². The average Bonchev–Trinajstić information content (AvgIpc) is 2.19. The molecule has 1 aliphatic heterocycles. The Hall–Kier alpha value is -2.11. The SMILES string of the molecule is CC1(C(=O)O)Nc2cccnc2OC1=O. The normalized spacial score (nSPS) is 23.7. The van der Waals surface area contributed by atoms with E-state index < -0.39 is 17.5 Å². The van der Waals surface area contributed by atoms with Crippen LogP contribution in [0.2, 0.25) is 0 Å². The molecule has 0 fully saturated rings. The van der Waals surface area contributed by atoms with Crippen molar-refractivity contribution >= 4 is 17.6 Å². The zero-order valence-electron chi connectivity index (χ0n) is 7.85. The quantitative estimate of drug-likeness (QED) is 0.508. The fourth-order valence-electron chi connectivity index (χ4n) is 1.22. The predicted octanol–water partition coefficient (Wildman–Crippen LogP) is 0.256. The van der Waals surface area contributed by atoms with Crippen molar-refractivity contribution in [1.82, 2.24) is 4.98 Å². The Kier molecular flexibility index (Phi) is 1.85. The van der Waals surface area contributed by atoms with Gasteiger partial charge in [-0.15, -0.1) is 0 Å². The first-order valence-corrected chi connectivity index (χ1v) is 4.23. The molecule has 1 aromatic rings. The number of aromatic nitrogens is 1. The Morgan fingerprint density at radius 1 is 1.67 bits per heavy atom. The Bertz CT molecular complexity index is 445. The highest BCUT2D eigenvalue weighted by molar-refractivity contribution is 6.09. The number of ether oxygens (including phenoxy) is 1. The summed E-state index contributed by atoms with van der Waals surface area (Å²) in [5.74, 6) is -2.07. The van der Waals surface area contributed by atoms with Gasteiger partial charge in [-0.05, 0) is 19.1 Å². The third-order valence-electron chi connectivity index (χ3n) is 2.18. The molecule has 15 heavy (non-hydrogen) atoms. The second kappa shape index (κ2) is 2.94. The number of carboxylic acids is 1. The Morgan fingerprint density at radius 3 is 3.07 bits per heavy atom. The fourth-order valence-corrected chi connectivity index (χ4v) is 1.22. The van der Waals surface area contributed by atoms with Crippen molar-refractivity contribution in [3.63, 3.8) is 0 Å². The molecule has 6 heteroatoms. The molecule has 0 saturated heterocycles. The van der Waals surface area contributed by atoms with Gasteiger partial charge in [-0.3, -0.25) is 0 Å². The number of carbonyl (C=O) groups excluding carboxylic acids is 1. The number of hydrogen-bond acceptors (Lipinski definition) is 5. The first kappa shape index (κ1) is 9.45. The topological polar surface area (TPSA) is 88.5 Å². The standard InChI is InChI=1S/C9H8N2O4/c1-9(7(12)13)8(14)15-6-5(11-9)3-2-4-10-6/h2-4,11H,1H3,(H,12,13). The van der Waals surface area contributed by atoms with Gasteiger partial charge in [0.2, 0.25) is 11.4 Å². The first-order chi connectivity index (χ1) is 7.04. The van der Waals surface area contributed by atoms with Gasteiger partial charge in [-0.2, -0.15) is 0 Å². The van der Waals surface area contributed by atoms with E-state index in [1.165, 1.54) is 13.1 Å². The molecule has 1 atom stereocenters. The van der Waals surface area contributed by atoms with Crippen LogP contribution in [0, 0.1) is 0 Å². The Morgan fingerprint density at radius 2 is 2.40 bits per heavy atom. The lowest BCUT2D eigenvalue weighted by Crippen LogP contribution is -2.55. The highest BCUT2D eigenvalue weighted by Gasteiger charge is 2.47. The van der Waals surface area contributed by atoms with Gasteiger partial charge >= 0.3 is 11.9 Å². The van der Waals surface area contributed by atoms with E-state index in [2.05, 4.69) is 10.3 Å². The lowest BCUT2D eigenvalue weighted by Gasteiger charge is -2.29. The summed E-state index contributed by atoms with van der Waals surface area (Å²) in [5, 5.41) is 11.5. The van der Waals surface area contributed by atoms with Crippen molar-refractivity contribution in [2.75, 3.05) is 5.32 Å². The number of nitrogens with zero attached hydrogens (tertiary/aromatic N) is 1. The number of anilines is 1. The van der Waals surface area contributed by atoms with Gasteiger partial charge in [0.1, 0.15) is 0 Å². The fraction of sp³-hybridized carbons (Fsp3) is 0.222. The van der Waals surface area contributed by atoms with Crippen molar-refractivity contribution in [2.45, 2.75) is 12.5 Å². The largest absolute Gasteiger partial charge is 0.479 e. The van der Waals surface area contributed by atoms with Gasteiger partial charge in [0.05, 0.1) is 5.69 Å². The second-order valence-corrected chi connectivity index (χ2v) is 3.30. The van der Waals surface area contributed by atoms with E-state index >= 15 is 0 Å². The number of pyridine rings is 1. The third kappa shape index (κ3) is 1.30. The smallest absolute Gasteiger partial charge is 0.350 e. The molecule has 2 N–H and O–H groups in total. The van der Waals surface area contributed by atoms with Crippen LogP contribution in [0.3, 0.4) is 0 Å². The van der Waals surface area contributed by atoms with Crippen molar-refractivity contribution in [1.29, 1.82) is 0 Å². The number of aliphatic carboxylic acids is 1. The molecule has 0 radical (unpaired) electrons. The number of fused-ring (bicyclic) bond motifs is 1. The molecule has 0 saturated carbocycles. The van der Waals surface area contributed by atoms with Crippen LogP contribution in [0.15, 0.2) is 18.3 Å². The number of rotatable bonds is 1. The van der Waals surface area contributed by atoms with Crippen LogP contribution in [-0.2, 0) is 9.59 Å². The molecule has 0 amide bonds. The minimum Gasteiger partial charge on any atom is -0.479 e. The summed E-state index contributed by atoms with van der Waals surface area (Å²) < 4.78 is 4.82. The van der Waals surface area contributed by atoms with Crippen molar-refractivity contribution in [3.8, 4) is 5.88 Å². The maximum Gasteiger partial charge on any atom is 0.350 e. The second-order valence-electron chi connectivity index (χ2n) is 3.30. The van der Waals surface area contributed by atoms with E-state index in [1.54, 1.807) is 12.1 Å². The molecule has 6 nitrogen and oxygen atoms in total. The van der Waals surface area contributed by atoms with Crippen molar-refractivity contribution < 1.29 is 19.4 Å². The molecule has 0 spiro atoms. The molecule has 0 aliphatic carbocycles. The molecule has 78 valence electrons. The molecule has 0 aromatic carbocycles.